The molecular formula is C8H20OSi. The van der Waals surface area contributed by atoms with Gasteiger partial charge in [0.05, 0.1) is 0 Å². The first-order valence-electron chi connectivity index (χ1n) is 4.07. The number of rotatable bonds is 3. The van der Waals surface area contributed by atoms with E-state index in [0.29, 0.717) is 11.1 Å². The molecule has 0 saturated carbocycles. The van der Waals surface area contributed by atoms with E-state index in [4.69, 9.17) is 4.43 Å². The quantitative estimate of drug-likeness (QED) is 0.575. The molecule has 0 radical (unpaired) electrons. The molecule has 0 aromatic heterocycles. The minimum absolute atomic E-state index is 0.309. The van der Waals surface area contributed by atoms with E-state index < -0.39 is 0 Å². The Labute approximate surface area is 67.1 Å². The third-order valence-corrected chi connectivity index (χ3v) is 2.98. The van der Waals surface area contributed by atoms with Crippen LogP contribution < -0.4 is 0 Å². The van der Waals surface area contributed by atoms with E-state index in [0.717, 1.165) is 6.42 Å². The summed E-state index contributed by atoms with van der Waals surface area (Å²) in [7, 11) is -0.309. The molecule has 0 aliphatic carbocycles. The second-order valence-electron chi connectivity index (χ2n) is 4.09. The van der Waals surface area contributed by atoms with E-state index in [-0.39, 0.29) is 9.76 Å². The van der Waals surface area contributed by atoms with Gasteiger partial charge in [-0.3, -0.25) is 0 Å². The molecule has 0 rings (SSSR count). The molecule has 10 heavy (non-hydrogen) atoms. The first-order chi connectivity index (χ1) is 4.45. The Hall–Kier alpha value is 0.177. The summed E-state index contributed by atoms with van der Waals surface area (Å²) in [5, 5.41) is 0.448. The van der Waals surface area contributed by atoms with Gasteiger partial charge >= 0.3 is 0 Å². The fraction of sp³-hybridized carbons (Fsp3) is 1.00. The Morgan fingerprint density at radius 3 is 2.20 bits per heavy atom. The maximum atomic E-state index is 5.69. The van der Waals surface area contributed by atoms with Gasteiger partial charge in [0.15, 0.2) is 9.76 Å². The lowest BCUT2D eigenvalue weighted by atomic mass is 10.3. The topological polar surface area (TPSA) is 9.23 Å². The highest BCUT2D eigenvalue weighted by atomic mass is 28.2. The molecule has 0 saturated heterocycles. The summed E-state index contributed by atoms with van der Waals surface area (Å²) >= 11 is 0. The van der Waals surface area contributed by atoms with E-state index in [9.17, 15) is 0 Å². The monoisotopic (exact) mass is 160 g/mol. The predicted octanol–water partition coefficient (Wildman–Crippen LogP) is 2.10. The molecule has 0 aliphatic rings. The molecule has 0 aliphatic heterocycles. The van der Waals surface area contributed by atoms with E-state index in [1.807, 2.05) is 0 Å². The second kappa shape index (κ2) is 4.14. The Morgan fingerprint density at radius 1 is 1.40 bits per heavy atom. The van der Waals surface area contributed by atoms with Gasteiger partial charge in [-0.05, 0) is 18.4 Å². The van der Waals surface area contributed by atoms with Crippen molar-refractivity contribution in [3.63, 3.8) is 0 Å². The van der Waals surface area contributed by atoms with Gasteiger partial charge in [-0.25, -0.2) is 0 Å². The summed E-state index contributed by atoms with van der Waals surface area (Å²) in [5.74, 6) is 0. The van der Waals surface area contributed by atoms with Crippen LogP contribution in [-0.2, 0) is 4.43 Å². The van der Waals surface area contributed by atoms with Gasteiger partial charge in [-0.1, -0.05) is 27.7 Å². The van der Waals surface area contributed by atoms with Crippen LogP contribution in [0.5, 0.6) is 0 Å². The van der Waals surface area contributed by atoms with E-state index >= 15 is 0 Å². The zero-order valence-electron chi connectivity index (χ0n) is 7.90. The number of hydrogen-bond donors (Lipinski definition) is 0. The maximum Gasteiger partial charge on any atom is 0.167 e. The summed E-state index contributed by atoms with van der Waals surface area (Å²) < 4.78 is 5.69. The van der Waals surface area contributed by atoms with Crippen molar-refractivity contribution in [2.24, 2.45) is 0 Å². The smallest absolute Gasteiger partial charge is 0.167 e. The Balaban J connectivity index is 3.36. The van der Waals surface area contributed by atoms with Crippen molar-refractivity contribution < 1.29 is 4.43 Å². The van der Waals surface area contributed by atoms with Crippen LogP contribution >= 0.6 is 0 Å². The normalized spacial score (nSPS) is 16.5. The molecule has 0 aromatic rings. The summed E-state index contributed by atoms with van der Waals surface area (Å²) in [6.07, 6.45) is 1.62. The Morgan fingerprint density at radius 2 is 1.90 bits per heavy atom. The van der Waals surface area contributed by atoms with Crippen molar-refractivity contribution in [1.29, 1.82) is 0 Å². The molecule has 0 fully saturated rings. The van der Waals surface area contributed by atoms with Gasteiger partial charge in [0.25, 0.3) is 0 Å². The van der Waals surface area contributed by atoms with Gasteiger partial charge in [0.2, 0.25) is 0 Å². The first-order valence-corrected chi connectivity index (χ1v) is 5.36. The molecular weight excluding hydrogens is 140 g/mol. The highest BCUT2D eigenvalue weighted by molar-refractivity contribution is 6.31. The molecule has 0 bridgehead atoms. The van der Waals surface area contributed by atoms with Crippen LogP contribution in [0.25, 0.3) is 0 Å². The summed E-state index contributed by atoms with van der Waals surface area (Å²) in [6.45, 7) is 11.1. The van der Waals surface area contributed by atoms with Crippen LogP contribution in [0.1, 0.15) is 41.0 Å². The highest BCUT2D eigenvalue weighted by Crippen LogP contribution is 2.20. The van der Waals surface area contributed by atoms with Crippen LogP contribution in [0.2, 0.25) is 5.04 Å². The van der Waals surface area contributed by atoms with E-state index in [2.05, 4.69) is 34.6 Å². The maximum absolute atomic E-state index is 5.69. The van der Waals surface area contributed by atoms with Gasteiger partial charge < -0.3 is 4.43 Å². The fourth-order valence-electron chi connectivity index (χ4n) is 0.510. The largest absolute Gasteiger partial charge is 0.421 e. The SMILES string of the molecule is CCC(C)O[SiH2]C(C)(C)C. The van der Waals surface area contributed by atoms with Crippen LogP contribution in [-0.4, -0.2) is 15.9 Å². The summed E-state index contributed by atoms with van der Waals surface area (Å²) in [4.78, 5) is 0. The number of hydrogen-bond acceptors (Lipinski definition) is 1. The van der Waals surface area contributed by atoms with E-state index in [1.165, 1.54) is 0 Å². The molecule has 0 amide bonds. The third kappa shape index (κ3) is 6.30. The van der Waals surface area contributed by atoms with Gasteiger partial charge in [0.1, 0.15) is 0 Å². The average Bonchev–Trinajstić information content (AvgIpc) is 1.81. The van der Waals surface area contributed by atoms with Crippen molar-refractivity contribution >= 4 is 9.76 Å². The van der Waals surface area contributed by atoms with Crippen LogP contribution in [0, 0.1) is 0 Å². The highest BCUT2D eigenvalue weighted by Gasteiger charge is 2.12. The van der Waals surface area contributed by atoms with Crippen molar-refractivity contribution in [3.8, 4) is 0 Å². The molecule has 0 N–H and O–H groups in total. The van der Waals surface area contributed by atoms with Crippen LogP contribution in [0.15, 0.2) is 0 Å². The summed E-state index contributed by atoms with van der Waals surface area (Å²) in [6, 6.07) is 0. The lowest BCUT2D eigenvalue weighted by molar-refractivity contribution is 0.220. The zero-order chi connectivity index (χ0) is 8.20. The van der Waals surface area contributed by atoms with Gasteiger partial charge in [0, 0.05) is 6.10 Å². The molecule has 0 aromatic carbocycles. The van der Waals surface area contributed by atoms with Crippen LogP contribution in [0.4, 0.5) is 0 Å². The minimum Gasteiger partial charge on any atom is -0.421 e. The van der Waals surface area contributed by atoms with Crippen molar-refractivity contribution in [2.45, 2.75) is 52.2 Å². The molecule has 0 heterocycles. The summed E-state index contributed by atoms with van der Waals surface area (Å²) in [5.41, 5.74) is 0. The third-order valence-electron chi connectivity index (χ3n) is 1.38. The zero-order valence-corrected chi connectivity index (χ0v) is 9.31. The molecule has 2 heteroatoms. The van der Waals surface area contributed by atoms with E-state index in [1.54, 1.807) is 0 Å². The van der Waals surface area contributed by atoms with Gasteiger partial charge in [-0.15, -0.1) is 0 Å². The Bertz CT molecular complexity index is 85.7. The van der Waals surface area contributed by atoms with Gasteiger partial charge in [-0.2, -0.15) is 0 Å². The fourth-order valence-corrected chi connectivity index (χ4v) is 1.53. The van der Waals surface area contributed by atoms with Crippen LogP contribution in [0.3, 0.4) is 0 Å². The molecule has 1 atom stereocenters. The van der Waals surface area contributed by atoms with Crippen molar-refractivity contribution in [1.82, 2.24) is 0 Å². The molecule has 1 nitrogen and oxygen atoms in total. The standard InChI is InChI=1S/C8H20OSi/c1-6-7(2)9-10-8(3,4)5/h7H,6,10H2,1-5H3. The molecule has 62 valence electrons. The minimum atomic E-state index is -0.309. The van der Waals surface area contributed by atoms with Crippen molar-refractivity contribution in [2.75, 3.05) is 0 Å². The molecule has 1 unspecified atom stereocenters. The molecule has 0 spiro atoms. The lowest BCUT2D eigenvalue weighted by Crippen LogP contribution is -2.18. The first kappa shape index (κ1) is 10.2. The van der Waals surface area contributed by atoms with Crippen molar-refractivity contribution in [3.05, 3.63) is 0 Å². The average molecular weight is 160 g/mol. The lowest BCUT2D eigenvalue weighted by Gasteiger charge is -2.20. The predicted molar refractivity (Wildman–Crippen MR) is 49.1 cm³/mol. The second-order valence-corrected chi connectivity index (χ2v) is 6.83. The Kier molecular flexibility index (Phi) is 4.21.